The van der Waals surface area contributed by atoms with Crippen molar-refractivity contribution in [2.75, 3.05) is 25.4 Å². The maximum absolute atomic E-state index is 13.1. The first-order chi connectivity index (χ1) is 14.2. The summed E-state index contributed by atoms with van der Waals surface area (Å²) in [5.74, 6) is -1.54. The van der Waals surface area contributed by atoms with Crippen LogP contribution in [0.5, 0.6) is 5.75 Å². The maximum atomic E-state index is 13.1. The van der Waals surface area contributed by atoms with Crippen molar-refractivity contribution in [2.24, 2.45) is 0 Å². The normalized spacial score (nSPS) is 19.5. The van der Waals surface area contributed by atoms with Crippen molar-refractivity contribution in [2.45, 2.75) is 32.5 Å². The number of carbonyl (C=O) groups excluding carboxylic acids is 1. The lowest BCUT2D eigenvalue weighted by atomic mass is 10.1. The fourth-order valence-corrected chi connectivity index (χ4v) is 3.65. The predicted molar refractivity (Wildman–Crippen MR) is 111 cm³/mol. The zero-order valence-electron chi connectivity index (χ0n) is 17.0. The van der Waals surface area contributed by atoms with E-state index < -0.39 is 5.97 Å². The average Bonchev–Trinajstić information content (AvgIpc) is 2.70. The number of rotatable bonds is 6. The van der Waals surface area contributed by atoms with Gasteiger partial charge < -0.3 is 20.5 Å². The second-order valence-electron chi connectivity index (χ2n) is 7.65. The molecular weight excluding hydrogens is 389 g/mol. The Kier molecular flexibility index (Phi) is 6.56. The monoisotopic (exact) mass is 415 g/mol. The highest BCUT2D eigenvalue weighted by Gasteiger charge is 2.32. The van der Waals surface area contributed by atoms with E-state index in [1.54, 1.807) is 17.0 Å². The molecule has 0 bridgehead atoms. The minimum atomic E-state index is -1.14. The Morgan fingerprint density at radius 3 is 2.50 bits per heavy atom. The summed E-state index contributed by atoms with van der Waals surface area (Å²) in [6, 6.07) is 10.7. The molecule has 0 spiro atoms. The summed E-state index contributed by atoms with van der Waals surface area (Å²) in [7, 11) is 0. The van der Waals surface area contributed by atoms with Crippen LogP contribution in [-0.4, -0.2) is 58.6 Å². The van der Waals surface area contributed by atoms with Crippen LogP contribution in [0.4, 0.5) is 10.1 Å². The number of benzene rings is 2. The van der Waals surface area contributed by atoms with Crippen LogP contribution in [0.15, 0.2) is 42.5 Å². The fourth-order valence-electron chi connectivity index (χ4n) is 3.65. The number of nitrogens with zero attached hydrogens (tertiary/aromatic N) is 2. The number of ether oxygens (including phenoxy) is 1. The third-order valence-corrected chi connectivity index (χ3v) is 5.32. The molecule has 8 heteroatoms. The summed E-state index contributed by atoms with van der Waals surface area (Å²) in [5.41, 5.74) is 7.05. The van der Waals surface area contributed by atoms with Gasteiger partial charge in [-0.1, -0.05) is 12.1 Å². The Morgan fingerprint density at radius 2 is 1.83 bits per heavy atom. The van der Waals surface area contributed by atoms with Gasteiger partial charge in [0.05, 0.1) is 0 Å². The summed E-state index contributed by atoms with van der Waals surface area (Å²) >= 11 is 0. The Hall–Kier alpha value is -3.13. The molecule has 3 rings (SSSR count). The number of nitrogens with two attached hydrogens (primary N) is 1. The number of nitrogen functional groups attached to an aromatic ring is 1. The first-order valence-electron chi connectivity index (χ1n) is 9.78. The number of hydrogen-bond donors (Lipinski definition) is 2. The van der Waals surface area contributed by atoms with Gasteiger partial charge in [0, 0.05) is 43.5 Å². The fraction of sp³-hybridized carbons (Fsp3) is 0.364. The number of hydrogen-bond acceptors (Lipinski definition) is 5. The number of anilines is 1. The van der Waals surface area contributed by atoms with Crippen molar-refractivity contribution in [3.05, 3.63) is 59.4 Å². The van der Waals surface area contributed by atoms with Gasteiger partial charge in [0.2, 0.25) is 0 Å². The largest absolute Gasteiger partial charge is 0.483 e. The third kappa shape index (κ3) is 5.07. The van der Waals surface area contributed by atoms with Crippen molar-refractivity contribution in [1.29, 1.82) is 0 Å². The summed E-state index contributed by atoms with van der Waals surface area (Å²) in [6.45, 7) is 5.60. The van der Waals surface area contributed by atoms with Crippen molar-refractivity contribution in [3.8, 4) is 5.75 Å². The number of aromatic carboxylic acids is 1. The molecule has 2 atom stereocenters. The summed E-state index contributed by atoms with van der Waals surface area (Å²) in [6.07, 6.45) is 0. The third-order valence-electron chi connectivity index (χ3n) is 5.32. The van der Waals surface area contributed by atoms with Crippen LogP contribution in [0.2, 0.25) is 0 Å². The Balaban J connectivity index is 1.61. The van der Waals surface area contributed by atoms with Crippen LogP contribution >= 0.6 is 0 Å². The molecule has 0 radical (unpaired) electrons. The van der Waals surface area contributed by atoms with Gasteiger partial charge >= 0.3 is 5.97 Å². The number of piperazine rings is 1. The van der Waals surface area contributed by atoms with Crippen LogP contribution in [0.1, 0.15) is 29.8 Å². The lowest BCUT2D eigenvalue weighted by molar-refractivity contribution is -0.139. The second kappa shape index (κ2) is 9.13. The Labute approximate surface area is 174 Å². The van der Waals surface area contributed by atoms with E-state index in [2.05, 4.69) is 4.90 Å². The highest BCUT2D eigenvalue weighted by molar-refractivity contribution is 5.91. The first-order valence-corrected chi connectivity index (χ1v) is 9.78. The molecule has 0 saturated carbocycles. The van der Waals surface area contributed by atoms with Gasteiger partial charge in [-0.15, -0.1) is 0 Å². The van der Waals surface area contributed by atoms with Crippen LogP contribution in [0, 0.1) is 5.82 Å². The average molecular weight is 415 g/mol. The van der Waals surface area contributed by atoms with Gasteiger partial charge in [-0.3, -0.25) is 9.69 Å². The molecule has 1 heterocycles. The number of carboxylic acid groups (broad SMARTS) is 1. The summed E-state index contributed by atoms with van der Waals surface area (Å²) < 4.78 is 18.6. The standard InChI is InChI=1S/C22H26FN3O4/c1-14-11-26(15(2)10-25(14)12-16-3-5-17(23)6-4-16)21(27)13-30-20-9-18(24)7-8-19(20)22(28)29/h3-9,14-15H,10-13,24H2,1-2H3,(H,28,29)/t14-,15+/m0/s1. The maximum Gasteiger partial charge on any atom is 0.339 e. The zero-order chi connectivity index (χ0) is 21.8. The molecule has 0 aliphatic carbocycles. The summed E-state index contributed by atoms with van der Waals surface area (Å²) in [4.78, 5) is 28.1. The van der Waals surface area contributed by atoms with E-state index in [1.165, 1.54) is 30.3 Å². The van der Waals surface area contributed by atoms with Gasteiger partial charge in [-0.05, 0) is 43.7 Å². The molecule has 1 aliphatic heterocycles. The SMILES string of the molecule is C[C@@H]1CN(Cc2ccc(F)cc2)[C@@H](C)CN1C(=O)COc1cc(N)ccc1C(=O)O. The van der Waals surface area contributed by atoms with E-state index in [1.807, 2.05) is 13.8 Å². The lowest BCUT2D eigenvalue weighted by Gasteiger charge is -2.44. The van der Waals surface area contributed by atoms with Crippen LogP contribution in [0.3, 0.4) is 0 Å². The number of carboxylic acids is 1. The Bertz CT molecular complexity index is 919. The minimum Gasteiger partial charge on any atom is -0.483 e. The van der Waals surface area contributed by atoms with Gasteiger partial charge in [0.15, 0.2) is 6.61 Å². The van der Waals surface area contributed by atoms with Crippen molar-refractivity contribution < 1.29 is 23.8 Å². The number of amides is 1. The molecule has 1 fully saturated rings. The molecule has 3 N–H and O–H groups in total. The van der Waals surface area contributed by atoms with Gasteiger partial charge in [0.25, 0.3) is 5.91 Å². The highest BCUT2D eigenvalue weighted by atomic mass is 19.1. The minimum absolute atomic E-state index is 0.0393. The van der Waals surface area contributed by atoms with Crippen LogP contribution < -0.4 is 10.5 Å². The van der Waals surface area contributed by atoms with E-state index in [-0.39, 0.29) is 41.7 Å². The van der Waals surface area contributed by atoms with Gasteiger partial charge in [-0.2, -0.15) is 0 Å². The molecule has 0 aromatic heterocycles. The molecule has 7 nitrogen and oxygen atoms in total. The molecule has 30 heavy (non-hydrogen) atoms. The molecule has 2 aromatic carbocycles. The smallest absolute Gasteiger partial charge is 0.339 e. The second-order valence-corrected chi connectivity index (χ2v) is 7.65. The zero-order valence-corrected chi connectivity index (χ0v) is 17.0. The van der Waals surface area contributed by atoms with Crippen molar-refractivity contribution in [3.63, 3.8) is 0 Å². The van der Waals surface area contributed by atoms with Crippen molar-refractivity contribution >= 4 is 17.6 Å². The molecule has 2 aromatic rings. The van der Waals surface area contributed by atoms with Crippen LogP contribution in [0.25, 0.3) is 0 Å². The summed E-state index contributed by atoms with van der Waals surface area (Å²) in [5, 5.41) is 9.27. The van der Waals surface area contributed by atoms with Gasteiger partial charge in [-0.25, -0.2) is 9.18 Å². The Morgan fingerprint density at radius 1 is 1.13 bits per heavy atom. The van der Waals surface area contributed by atoms with E-state index >= 15 is 0 Å². The van der Waals surface area contributed by atoms with Crippen LogP contribution in [-0.2, 0) is 11.3 Å². The lowest BCUT2D eigenvalue weighted by Crippen LogP contribution is -2.58. The molecule has 160 valence electrons. The van der Waals surface area contributed by atoms with E-state index in [0.29, 0.717) is 25.3 Å². The number of halogens is 1. The quantitative estimate of drug-likeness (QED) is 0.704. The topological polar surface area (TPSA) is 96.1 Å². The molecule has 1 aliphatic rings. The number of carbonyl (C=O) groups is 2. The molecule has 1 saturated heterocycles. The van der Waals surface area contributed by atoms with E-state index in [9.17, 15) is 19.1 Å². The highest BCUT2D eigenvalue weighted by Crippen LogP contribution is 2.23. The molecule has 1 amide bonds. The molecule has 0 unspecified atom stereocenters. The predicted octanol–water partition coefficient (Wildman–Crippen LogP) is 2.61. The van der Waals surface area contributed by atoms with E-state index in [0.717, 1.165) is 5.56 Å². The van der Waals surface area contributed by atoms with Crippen molar-refractivity contribution in [1.82, 2.24) is 9.80 Å². The van der Waals surface area contributed by atoms with E-state index in [4.69, 9.17) is 10.5 Å². The first kappa shape index (κ1) is 21.6. The molecular formula is C22H26FN3O4. The van der Waals surface area contributed by atoms with Gasteiger partial charge in [0.1, 0.15) is 17.1 Å².